The van der Waals surface area contributed by atoms with Crippen LogP contribution in [0, 0.1) is 12.7 Å². The number of para-hydroxylation sites is 1. The minimum atomic E-state index is 0. The van der Waals surface area contributed by atoms with Gasteiger partial charge in [-0.05, 0) is 12.4 Å². The van der Waals surface area contributed by atoms with Crippen molar-refractivity contribution in [2.45, 2.75) is 0 Å². The third-order valence-electron chi connectivity index (χ3n) is 1.80. The molecule has 0 atom stereocenters. The Labute approximate surface area is 121 Å². The van der Waals surface area contributed by atoms with Gasteiger partial charge in [-0.15, -0.1) is 24.3 Å². The second kappa shape index (κ2) is 8.46. The summed E-state index contributed by atoms with van der Waals surface area (Å²) >= 11 is 0. The van der Waals surface area contributed by atoms with Gasteiger partial charge in [0.05, 0.1) is 0 Å². The van der Waals surface area contributed by atoms with Gasteiger partial charge in [0.2, 0.25) is 0 Å². The van der Waals surface area contributed by atoms with Crippen molar-refractivity contribution in [3.8, 4) is 5.75 Å². The maximum Gasteiger partial charge on any atom is 1.00 e. The summed E-state index contributed by atoms with van der Waals surface area (Å²) in [7, 11) is 0. The van der Waals surface area contributed by atoms with E-state index in [0.29, 0.717) is 0 Å². The molecular weight excluding hydrogens is 186 g/mol. The molecule has 0 heterocycles. The maximum absolute atomic E-state index is 5.41. The average molecular weight is 196 g/mol. The van der Waals surface area contributed by atoms with Gasteiger partial charge in [0.1, 0.15) is 0 Å². The predicted molar refractivity (Wildman–Crippen MR) is 55.8 cm³/mol. The second-order valence-corrected chi connectivity index (χ2v) is 2.87. The van der Waals surface area contributed by atoms with Crippen molar-refractivity contribution >= 4 is 0 Å². The van der Waals surface area contributed by atoms with Crippen molar-refractivity contribution < 1.29 is 42.5 Å². The molecule has 0 N–H and O–H groups in total. The Bertz CT molecular complexity index is 336. The molecule has 0 fully saturated rings. The summed E-state index contributed by atoms with van der Waals surface area (Å²) in [5.74, 6) is 0.733. The summed E-state index contributed by atoms with van der Waals surface area (Å²) < 4.78 is 5.41. The van der Waals surface area contributed by atoms with Crippen LogP contribution in [0.5, 0.6) is 5.75 Å². The molecule has 2 aromatic carbocycles. The van der Waals surface area contributed by atoms with E-state index >= 15 is 0 Å². The number of rotatable bonds is 3. The summed E-state index contributed by atoms with van der Waals surface area (Å²) in [5, 5.41) is 0. The summed E-state index contributed by atoms with van der Waals surface area (Å²) in [6.45, 7) is 1.71. The fraction of sp³-hybridized carbons (Fsp3) is 0. The van der Waals surface area contributed by atoms with Crippen LogP contribution in [0.3, 0.4) is 0 Å². The van der Waals surface area contributed by atoms with Gasteiger partial charge in [-0.1, -0.05) is 6.07 Å². The Balaban J connectivity index is 0.00000112. The molecule has 0 aromatic heterocycles. The molecule has 0 aliphatic carbocycles. The van der Waals surface area contributed by atoms with Gasteiger partial charge in [-0.2, -0.15) is 35.9 Å². The largest absolute Gasteiger partial charge is 1.00 e. The molecule has 2 aromatic rings. The fourth-order valence-corrected chi connectivity index (χ4v) is 1.11. The Morgan fingerprint density at radius 3 is 2.19 bits per heavy atom. The van der Waals surface area contributed by atoms with Crippen molar-refractivity contribution in [2.75, 3.05) is 0 Å². The molecular formula is C13H10Li2O. The van der Waals surface area contributed by atoms with Gasteiger partial charge in [0.15, 0.2) is 0 Å². The molecule has 16 heavy (non-hydrogen) atoms. The molecule has 3 heteroatoms. The van der Waals surface area contributed by atoms with E-state index in [1.807, 2.05) is 54.6 Å². The van der Waals surface area contributed by atoms with Crippen LogP contribution in [-0.4, -0.2) is 0 Å². The van der Waals surface area contributed by atoms with Crippen molar-refractivity contribution in [1.82, 2.24) is 0 Å². The second-order valence-electron chi connectivity index (χ2n) is 2.87. The van der Waals surface area contributed by atoms with Crippen LogP contribution in [0.4, 0.5) is 0 Å². The van der Waals surface area contributed by atoms with E-state index in [4.69, 9.17) is 4.74 Å². The maximum atomic E-state index is 5.41. The van der Waals surface area contributed by atoms with Crippen LogP contribution in [0.1, 0.15) is 5.56 Å². The molecule has 1 nitrogen and oxygen atoms in total. The van der Waals surface area contributed by atoms with Crippen LogP contribution < -0.4 is 42.5 Å². The first-order valence-electron chi connectivity index (χ1n) is 4.47. The first-order chi connectivity index (χ1) is 6.95. The summed E-state index contributed by atoms with van der Waals surface area (Å²) in [6.07, 6.45) is 0. The van der Waals surface area contributed by atoms with Gasteiger partial charge in [0.25, 0.3) is 0 Å². The molecule has 70 valence electrons. The molecule has 0 bridgehead atoms. The molecule has 0 radical (unpaired) electrons. The fourth-order valence-electron chi connectivity index (χ4n) is 1.11. The molecule has 0 saturated carbocycles. The zero-order valence-corrected chi connectivity index (χ0v) is 9.68. The molecule has 0 unspecified atom stereocenters. The molecule has 0 spiro atoms. The van der Waals surface area contributed by atoms with Crippen LogP contribution in [-0.2, 0) is 0 Å². The van der Waals surface area contributed by atoms with E-state index in [2.05, 4.69) is 6.07 Å². The predicted octanol–water partition coefficient (Wildman–Crippen LogP) is -2.92. The Kier molecular flexibility index (Phi) is 8.09. The summed E-state index contributed by atoms with van der Waals surface area (Å²) in [4.78, 5) is 0. The Hall–Kier alpha value is -0.695. The van der Waals surface area contributed by atoms with Crippen LogP contribution in [0.15, 0.2) is 54.6 Å². The van der Waals surface area contributed by atoms with E-state index in [1.165, 1.54) is 0 Å². The van der Waals surface area contributed by atoms with Crippen LogP contribution >= 0.6 is 0 Å². The van der Waals surface area contributed by atoms with Crippen molar-refractivity contribution in [3.63, 3.8) is 0 Å². The SMILES string of the molecule is [Li+].[Li+].[c-]1ccccc1O[CH-]c1ccccc1. The topological polar surface area (TPSA) is 9.23 Å². The standard InChI is InChI=1S/C13H10O.2Li/c1-3-7-12(8-4-1)11-14-13-9-5-2-6-10-13;;/h1-9,11H;;/q-2;2*+1. The quantitative estimate of drug-likeness (QED) is 0.377. The van der Waals surface area contributed by atoms with Crippen LogP contribution in [0.25, 0.3) is 0 Å². The van der Waals surface area contributed by atoms with Crippen molar-refractivity contribution in [2.24, 2.45) is 0 Å². The van der Waals surface area contributed by atoms with Gasteiger partial charge >= 0.3 is 37.7 Å². The van der Waals surface area contributed by atoms with Gasteiger partial charge < -0.3 is 4.74 Å². The van der Waals surface area contributed by atoms with Gasteiger partial charge in [-0.25, -0.2) is 0 Å². The van der Waals surface area contributed by atoms with E-state index in [9.17, 15) is 0 Å². The molecule has 0 aliphatic rings. The zero-order chi connectivity index (χ0) is 9.64. The summed E-state index contributed by atoms with van der Waals surface area (Å²) in [6, 6.07) is 20.4. The minimum absolute atomic E-state index is 0. The van der Waals surface area contributed by atoms with Crippen LogP contribution in [0.2, 0.25) is 0 Å². The van der Waals surface area contributed by atoms with Gasteiger partial charge in [-0.3, -0.25) is 0 Å². The summed E-state index contributed by atoms with van der Waals surface area (Å²) in [5.41, 5.74) is 1.05. The molecule has 0 saturated heterocycles. The van der Waals surface area contributed by atoms with E-state index < -0.39 is 0 Å². The monoisotopic (exact) mass is 196 g/mol. The molecule has 2 rings (SSSR count). The number of benzene rings is 2. The smallest absolute Gasteiger partial charge is 0.548 e. The first kappa shape index (κ1) is 15.3. The molecule has 0 aliphatic heterocycles. The third-order valence-corrected chi connectivity index (χ3v) is 1.80. The Morgan fingerprint density at radius 2 is 1.56 bits per heavy atom. The Morgan fingerprint density at radius 1 is 0.875 bits per heavy atom. The number of hydrogen-bond donors (Lipinski definition) is 0. The van der Waals surface area contributed by atoms with Crippen molar-refractivity contribution in [1.29, 1.82) is 0 Å². The number of hydrogen-bond acceptors (Lipinski definition) is 1. The average Bonchev–Trinajstić information content (AvgIpc) is 2.29. The third kappa shape index (κ3) is 4.89. The van der Waals surface area contributed by atoms with Gasteiger partial charge in [0, 0.05) is 0 Å². The van der Waals surface area contributed by atoms with E-state index in [1.54, 1.807) is 6.61 Å². The van der Waals surface area contributed by atoms with E-state index in [0.717, 1.165) is 11.3 Å². The first-order valence-corrected chi connectivity index (χ1v) is 4.47. The molecule has 0 amide bonds. The van der Waals surface area contributed by atoms with E-state index in [-0.39, 0.29) is 37.7 Å². The minimum Gasteiger partial charge on any atom is -0.548 e. The zero-order valence-electron chi connectivity index (χ0n) is 9.68. The number of ether oxygens (including phenoxy) is 1. The van der Waals surface area contributed by atoms with Crippen molar-refractivity contribution in [3.05, 3.63) is 72.8 Å². The normalized spacial score (nSPS) is 8.25.